The predicted octanol–water partition coefficient (Wildman–Crippen LogP) is 12.3. The summed E-state index contributed by atoms with van der Waals surface area (Å²) in [6, 6.07) is 20.9. The normalized spacial score (nSPS) is 19.5. The molecule has 0 aromatic heterocycles. The third kappa shape index (κ3) is 14.7. The van der Waals surface area contributed by atoms with Crippen molar-refractivity contribution in [2.45, 2.75) is 156 Å². The van der Waals surface area contributed by atoms with Crippen LogP contribution in [0.2, 0.25) is 36.3 Å². The maximum atomic E-state index is 12.3. The molecule has 0 bridgehead atoms. The molecule has 5 nitrogen and oxygen atoms in total. The highest BCUT2D eigenvalue weighted by Crippen LogP contribution is 2.54. The van der Waals surface area contributed by atoms with Crippen LogP contribution < -0.4 is 0 Å². The Bertz CT molecular complexity index is 1250. The summed E-state index contributed by atoms with van der Waals surface area (Å²) in [5, 5.41) is 12.5. The quantitative estimate of drug-likeness (QED) is 0.131. The van der Waals surface area contributed by atoms with Crippen LogP contribution in [-0.2, 0) is 31.5 Å². The fourth-order valence-electron chi connectivity index (χ4n) is 6.58. The first-order chi connectivity index (χ1) is 25.3. The maximum Gasteiger partial charge on any atom is 0.192 e. The standard InChI is InChI=1S/C43H72O5S4Si2/c1-40(2,3)53(7,8)47-38(33-45-31-35-19-13-11-14-20-35)29-42(49-23-17-24-50-42)27-37(44)28-43(51-25-18-26-52-43)30-39(48-54(9,10)41(4,5)6)34-46-32-36-21-15-12-16-22-36/h11-16,19-22,37-39,44H,17-18,23-34H2,1-10H3/t38-,39-/m1/s1. The van der Waals surface area contributed by atoms with Crippen molar-refractivity contribution in [2.24, 2.45) is 0 Å². The summed E-state index contributed by atoms with van der Waals surface area (Å²) < 4.78 is 27.0. The number of aliphatic hydroxyl groups excluding tert-OH is 1. The molecular weight excluding hydrogens is 781 g/mol. The largest absolute Gasteiger partial charge is 0.412 e. The molecule has 54 heavy (non-hydrogen) atoms. The molecule has 2 heterocycles. The van der Waals surface area contributed by atoms with Crippen LogP contribution in [0.5, 0.6) is 0 Å². The van der Waals surface area contributed by atoms with Crippen molar-refractivity contribution in [3.8, 4) is 0 Å². The number of hydrogen-bond acceptors (Lipinski definition) is 9. The van der Waals surface area contributed by atoms with E-state index < -0.39 is 22.7 Å². The number of aliphatic hydroxyl groups is 1. The van der Waals surface area contributed by atoms with E-state index in [2.05, 4.69) is 175 Å². The summed E-state index contributed by atoms with van der Waals surface area (Å²) >= 11 is 8.22. The van der Waals surface area contributed by atoms with Gasteiger partial charge in [-0.05, 0) is 109 Å². The van der Waals surface area contributed by atoms with E-state index >= 15 is 0 Å². The highest BCUT2D eigenvalue weighted by atomic mass is 32.2. The summed E-state index contributed by atoms with van der Waals surface area (Å²) in [7, 11) is -4.15. The molecule has 2 aliphatic heterocycles. The van der Waals surface area contributed by atoms with E-state index in [1.807, 2.05) is 0 Å². The van der Waals surface area contributed by atoms with Crippen molar-refractivity contribution < 1.29 is 23.4 Å². The van der Waals surface area contributed by atoms with Gasteiger partial charge in [-0.15, -0.1) is 47.0 Å². The SMILES string of the molecule is CC(C)(C)[Si](C)(C)O[C@@H](COCc1ccccc1)CC1(CC(O)CC2(C[C@H](COCc3ccccc3)O[Si](C)(C)C(C)(C)C)SCCCS2)SCCCS1. The van der Waals surface area contributed by atoms with E-state index in [4.69, 9.17) is 18.3 Å². The van der Waals surface area contributed by atoms with Crippen molar-refractivity contribution in [1.82, 2.24) is 0 Å². The summed E-state index contributed by atoms with van der Waals surface area (Å²) in [5.74, 6) is 4.47. The monoisotopic (exact) mass is 852 g/mol. The van der Waals surface area contributed by atoms with Crippen molar-refractivity contribution in [1.29, 1.82) is 0 Å². The van der Waals surface area contributed by atoms with Gasteiger partial charge in [0.05, 0.1) is 52.9 Å². The molecular formula is C43H72O5S4Si2. The van der Waals surface area contributed by atoms with Crippen LogP contribution in [0.25, 0.3) is 0 Å². The van der Waals surface area contributed by atoms with Crippen molar-refractivity contribution in [2.75, 3.05) is 36.2 Å². The zero-order chi connectivity index (χ0) is 39.5. The van der Waals surface area contributed by atoms with E-state index in [1.165, 1.54) is 24.0 Å². The Hall–Kier alpha value is 0.0738. The summed E-state index contributed by atoms with van der Waals surface area (Å²) in [4.78, 5) is 0. The first-order valence-corrected chi connectivity index (χ1v) is 29.9. The summed E-state index contributed by atoms with van der Waals surface area (Å²) in [6.07, 6.45) is 5.16. The highest BCUT2D eigenvalue weighted by Gasteiger charge is 2.47. The lowest BCUT2D eigenvalue weighted by atomic mass is 10.0. The molecule has 4 rings (SSSR count). The average Bonchev–Trinajstić information content (AvgIpc) is 3.08. The van der Waals surface area contributed by atoms with Gasteiger partial charge in [-0.25, -0.2) is 0 Å². The molecule has 2 fully saturated rings. The van der Waals surface area contributed by atoms with Gasteiger partial charge in [0.15, 0.2) is 16.6 Å². The molecule has 2 atom stereocenters. The van der Waals surface area contributed by atoms with Gasteiger partial charge in [-0.3, -0.25) is 0 Å². The number of benzene rings is 2. The van der Waals surface area contributed by atoms with Gasteiger partial charge in [-0.1, -0.05) is 102 Å². The fourth-order valence-corrected chi connectivity index (χ4v) is 16.4. The van der Waals surface area contributed by atoms with Crippen molar-refractivity contribution in [3.63, 3.8) is 0 Å². The molecule has 0 unspecified atom stereocenters. The minimum absolute atomic E-state index is 0.0311. The van der Waals surface area contributed by atoms with Crippen molar-refractivity contribution >= 4 is 63.7 Å². The van der Waals surface area contributed by atoms with Crippen LogP contribution >= 0.6 is 47.0 Å². The van der Waals surface area contributed by atoms with Gasteiger partial charge in [0.1, 0.15) is 0 Å². The number of hydrogen-bond donors (Lipinski definition) is 1. The van der Waals surface area contributed by atoms with Gasteiger partial charge in [-0.2, -0.15) is 0 Å². The zero-order valence-corrected chi connectivity index (χ0v) is 40.4. The van der Waals surface area contributed by atoms with Crippen LogP contribution in [0.3, 0.4) is 0 Å². The Balaban J connectivity index is 1.53. The summed E-state index contributed by atoms with van der Waals surface area (Å²) in [5.41, 5.74) is 2.37. The van der Waals surface area contributed by atoms with Crippen LogP contribution in [0.15, 0.2) is 60.7 Å². The van der Waals surface area contributed by atoms with Gasteiger partial charge in [0.2, 0.25) is 0 Å². The molecule has 0 radical (unpaired) electrons. The van der Waals surface area contributed by atoms with Crippen LogP contribution in [0.1, 0.15) is 91.2 Å². The highest BCUT2D eigenvalue weighted by molar-refractivity contribution is 8.19. The topological polar surface area (TPSA) is 57.2 Å². The molecule has 2 aliphatic rings. The van der Waals surface area contributed by atoms with Crippen molar-refractivity contribution in [3.05, 3.63) is 71.8 Å². The van der Waals surface area contributed by atoms with Gasteiger partial charge >= 0.3 is 0 Å². The molecule has 2 saturated heterocycles. The Morgan fingerprint density at radius 1 is 0.574 bits per heavy atom. The minimum atomic E-state index is -2.08. The van der Waals surface area contributed by atoms with E-state index in [0.29, 0.717) is 26.4 Å². The molecule has 2 aromatic rings. The lowest BCUT2D eigenvalue weighted by Crippen LogP contribution is -2.48. The third-order valence-electron chi connectivity index (χ3n) is 11.6. The smallest absolute Gasteiger partial charge is 0.192 e. The summed E-state index contributed by atoms with van der Waals surface area (Å²) in [6.45, 7) is 25.6. The molecule has 2 aromatic carbocycles. The lowest BCUT2D eigenvalue weighted by Gasteiger charge is -2.46. The Kier molecular flexibility index (Phi) is 18.1. The minimum Gasteiger partial charge on any atom is -0.412 e. The Morgan fingerprint density at radius 3 is 1.22 bits per heavy atom. The number of ether oxygens (including phenoxy) is 2. The van der Waals surface area contributed by atoms with E-state index in [0.717, 1.165) is 48.7 Å². The van der Waals surface area contributed by atoms with E-state index in [-0.39, 0.29) is 30.4 Å². The molecule has 0 aliphatic carbocycles. The second-order valence-corrected chi connectivity index (χ2v) is 34.3. The maximum absolute atomic E-state index is 12.3. The fraction of sp³-hybridized carbons (Fsp3) is 0.721. The number of thioether (sulfide) groups is 4. The average molecular weight is 853 g/mol. The van der Waals surface area contributed by atoms with Gasteiger partial charge < -0.3 is 23.4 Å². The Labute approximate surface area is 349 Å². The first-order valence-electron chi connectivity index (χ1n) is 20.2. The molecule has 0 amide bonds. The van der Waals surface area contributed by atoms with Crippen LogP contribution in [0.4, 0.5) is 0 Å². The molecule has 306 valence electrons. The van der Waals surface area contributed by atoms with E-state index in [1.54, 1.807) is 0 Å². The second-order valence-electron chi connectivity index (χ2n) is 18.4. The van der Waals surface area contributed by atoms with Gasteiger partial charge in [0.25, 0.3) is 0 Å². The first kappa shape index (κ1) is 46.8. The van der Waals surface area contributed by atoms with Crippen LogP contribution in [0, 0.1) is 0 Å². The predicted molar refractivity (Wildman–Crippen MR) is 245 cm³/mol. The van der Waals surface area contributed by atoms with Crippen LogP contribution in [-0.4, -0.2) is 84.4 Å². The Morgan fingerprint density at radius 2 is 0.907 bits per heavy atom. The molecule has 1 N–H and O–H groups in total. The third-order valence-corrected chi connectivity index (χ3v) is 27.5. The molecule has 0 saturated carbocycles. The zero-order valence-electron chi connectivity index (χ0n) is 35.1. The second kappa shape index (κ2) is 20.9. The van der Waals surface area contributed by atoms with E-state index in [9.17, 15) is 5.11 Å². The molecule has 11 heteroatoms. The van der Waals surface area contributed by atoms with Gasteiger partial charge in [0, 0.05) is 0 Å². The number of rotatable bonds is 20. The molecule has 0 spiro atoms. The lowest BCUT2D eigenvalue weighted by molar-refractivity contribution is 0.0238.